The third kappa shape index (κ3) is 5.62. The zero-order valence-electron chi connectivity index (χ0n) is 28.7. The fourth-order valence-corrected chi connectivity index (χ4v) is 4.00. The lowest BCUT2D eigenvalue weighted by Crippen LogP contribution is -2.60. The van der Waals surface area contributed by atoms with Gasteiger partial charge in [-0.05, 0) is 49.0 Å². The van der Waals surface area contributed by atoms with Gasteiger partial charge >= 0.3 is 11.9 Å². The Morgan fingerprint density at radius 1 is 1.00 bits per heavy atom. The topological polar surface area (TPSA) is 155 Å². The second-order valence-electron chi connectivity index (χ2n) is 8.68. The summed E-state index contributed by atoms with van der Waals surface area (Å²) in [5.74, 6) is -7.10. The first kappa shape index (κ1) is 17.4. The number of fused-ring (bicyclic) bond motifs is 1. The number of esters is 1. The quantitative estimate of drug-likeness (QED) is 0.387. The van der Waals surface area contributed by atoms with Gasteiger partial charge in [-0.1, -0.05) is 36.4 Å². The van der Waals surface area contributed by atoms with Crippen molar-refractivity contribution in [3.8, 4) is 11.5 Å². The van der Waals surface area contributed by atoms with Crippen LogP contribution in [-0.4, -0.2) is 87.6 Å². The van der Waals surface area contributed by atoms with E-state index in [0.717, 1.165) is 0 Å². The highest BCUT2D eigenvalue weighted by Gasteiger charge is 2.49. The van der Waals surface area contributed by atoms with Gasteiger partial charge < -0.3 is 39.4 Å². The van der Waals surface area contributed by atoms with Gasteiger partial charge in [0.15, 0.2) is 23.7 Å². The predicted octanol–water partition coefficient (Wildman–Crippen LogP) is 0.846. The first-order chi connectivity index (χ1) is 21.7. The Morgan fingerprint density at radius 3 is 2.37 bits per heavy atom. The average molecular weight is 539 g/mol. The van der Waals surface area contributed by atoms with Crippen LogP contribution in [0.3, 0.4) is 0 Å². The second kappa shape index (κ2) is 11.3. The molecule has 0 bridgehead atoms. The number of benzene rings is 2. The Hall–Kier alpha value is -3.22. The SMILES string of the molecule is [2H]C1([2H])N(Cc2ccc([C@H]3COc4ccccc4O3)cc2)C([2H])([2H])C([2H])([2H])C([2H])(C(=O)OC2O[C@@H](C(=O)O)[C@H](O)[C@@H](O)[C@@H]2O)C1([2H])[2H]. The van der Waals surface area contributed by atoms with Crippen LogP contribution < -0.4 is 9.47 Å². The molecular weight excluding hydrogens is 498 g/mol. The molecule has 0 amide bonds. The van der Waals surface area contributed by atoms with Gasteiger partial charge in [0.05, 0.1) is 5.89 Å². The molecule has 204 valence electrons. The van der Waals surface area contributed by atoms with Crippen LogP contribution >= 0.6 is 0 Å². The van der Waals surface area contributed by atoms with Crippen LogP contribution in [-0.2, 0) is 25.6 Å². The van der Waals surface area contributed by atoms with Gasteiger partial charge in [0, 0.05) is 18.9 Å². The van der Waals surface area contributed by atoms with Crippen molar-refractivity contribution >= 4 is 11.9 Å². The molecule has 2 fully saturated rings. The summed E-state index contributed by atoms with van der Waals surface area (Å²) >= 11 is 0. The molecule has 0 aliphatic carbocycles. The molecule has 38 heavy (non-hydrogen) atoms. The summed E-state index contributed by atoms with van der Waals surface area (Å²) in [6.07, 6.45) is -19.9. The van der Waals surface area contributed by atoms with Crippen molar-refractivity contribution in [3.63, 3.8) is 0 Å². The Balaban J connectivity index is 1.41. The van der Waals surface area contributed by atoms with Crippen molar-refractivity contribution < 1.29 is 61.3 Å². The Labute approximate surface area is 231 Å². The third-order valence-corrected chi connectivity index (χ3v) is 6.07. The number of hydrogen-bond donors (Lipinski definition) is 4. The number of hydrogen-bond acceptors (Lipinski definition) is 10. The number of carbonyl (C=O) groups is 2. The van der Waals surface area contributed by atoms with E-state index < -0.39 is 86.9 Å². The number of carboxylic acid groups (broad SMARTS) is 1. The molecule has 5 rings (SSSR count). The number of nitrogens with zero attached hydrogens (tertiary/aromatic N) is 1. The van der Waals surface area contributed by atoms with Crippen molar-refractivity contribution in [2.45, 2.75) is 56.1 Å². The van der Waals surface area contributed by atoms with Gasteiger partial charge in [-0.15, -0.1) is 0 Å². The fourth-order valence-electron chi connectivity index (χ4n) is 4.00. The predicted molar refractivity (Wildman–Crippen MR) is 130 cm³/mol. The van der Waals surface area contributed by atoms with E-state index in [9.17, 15) is 30.0 Å². The molecule has 0 aromatic heterocycles. The highest BCUT2D eigenvalue weighted by atomic mass is 16.7. The summed E-state index contributed by atoms with van der Waals surface area (Å²) in [6.45, 7) is -7.73. The van der Waals surface area contributed by atoms with Crippen molar-refractivity contribution in [1.29, 1.82) is 0 Å². The van der Waals surface area contributed by atoms with Crippen LogP contribution in [0.25, 0.3) is 0 Å². The highest BCUT2D eigenvalue weighted by Crippen LogP contribution is 2.36. The van der Waals surface area contributed by atoms with Crippen LogP contribution in [0.5, 0.6) is 11.5 Å². The Morgan fingerprint density at radius 2 is 1.68 bits per heavy atom. The minimum atomic E-state index is -4.05. The van der Waals surface area contributed by atoms with Crippen molar-refractivity contribution in [2.24, 2.45) is 5.89 Å². The average Bonchev–Trinajstić information content (AvgIpc) is 3.02. The van der Waals surface area contributed by atoms with E-state index in [0.29, 0.717) is 17.1 Å². The highest BCUT2D eigenvalue weighted by molar-refractivity contribution is 5.74. The largest absolute Gasteiger partial charge is 0.485 e. The Kier molecular flexibility index (Phi) is 5.15. The maximum absolute atomic E-state index is 13.4. The first-order valence-corrected chi connectivity index (χ1v) is 11.6. The molecule has 2 aromatic carbocycles. The summed E-state index contributed by atoms with van der Waals surface area (Å²) in [4.78, 5) is 25.0. The Bertz CT molecular complexity index is 1500. The van der Waals surface area contributed by atoms with E-state index in [2.05, 4.69) is 0 Å². The third-order valence-electron chi connectivity index (χ3n) is 6.07. The molecule has 6 atom stereocenters. The summed E-state index contributed by atoms with van der Waals surface area (Å²) in [5.41, 5.74) is 0.845. The van der Waals surface area contributed by atoms with E-state index >= 15 is 0 Å². The molecule has 4 N–H and O–H groups in total. The van der Waals surface area contributed by atoms with Gasteiger partial charge in [0.25, 0.3) is 0 Å². The molecule has 3 heterocycles. The number of para-hydroxylation sites is 2. The zero-order chi connectivity index (χ0) is 34.9. The molecule has 11 heteroatoms. The summed E-state index contributed by atoms with van der Waals surface area (Å²) < 4.78 is 98.6. The molecule has 0 saturated carbocycles. The maximum atomic E-state index is 13.4. The fraction of sp³-hybridized carbons (Fsp3) is 0.481. The lowest BCUT2D eigenvalue weighted by Gasteiger charge is -2.39. The molecular formula is C27H31NO10. The number of rotatable bonds is 6. The van der Waals surface area contributed by atoms with E-state index in [-0.39, 0.29) is 17.1 Å². The summed E-state index contributed by atoms with van der Waals surface area (Å²) in [5, 5.41) is 39.4. The minimum Gasteiger partial charge on any atom is -0.485 e. The number of likely N-dealkylation sites (tertiary alicyclic amines) is 1. The number of carbonyl (C=O) groups excluding carboxylic acids is 1. The van der Waals surface area contributed by atoms with Crippen molar-refractivity contribution in [2.75, 3.05) is 19.6 Å². The number of aliphatic hydroxyl groups is 3. The molecule has 2 aromatic rings. The molecule has 0 radical (unpaired) electrons. The molecule has 2 saturated heterocycles. The summed E-state index contributed by atoms with van der Waals surface area (Å²) in [6, 6.07) is 13.1. The monoisotopic (exact) mass is 538 g/mol. The standard InChI is InChI=1S/C27H31NO10/c29-21-22(30)24(25(32)33)37-27(23(21)31)38-26(34)17-9-11-28(12-10-17)13-15-5-7-16(8-6-15)20-14-35-18-3-1-2-4-19(18)36-20/h1-8,17,20-24,27,29-31H,9-14H2,(H,32,33)/t20-,21-,22-,23+,24-,27?/m1/s1/i9D2,10D2,11D2,12D2,17D. The number of ether oxygens (including phenoxy) is 4. The van der Waals surface area contributed by atoms with Crippen LogP contribution in [0.4, 0.5) is 0 Å². The van der Waals surface area contributed by atoms with Crippen molar-refractivity contribution in [3.05, 3.63) is 59.7 Å². The van der Waals surface area contributed by atoms with E-state index in [1.54, 1.807) is 36.4 Å². The smallest absolute Gasteiger partial charge is 0.335 e. The van der Waals surface area contributed by atoms with Gasteiger partial charge in [0.1, 0.15) is 24.9 Å². The van der Waals surface area contributed by atoms with Crippen LogP contribution in [0.1, 0.15) is 42.3 Å². The zero-order valence-corrected chi connectivity index (χ0v) is 19.7. The van der Waals surface area contributed by atoms with Crippen molar-refractivity contribution in [1.82, 2.24) is 4.90 Å². The maximum Gasteiger partial charge on any atom is 0.335 e. The van der Waals surface area contributed by atoms with E-state index in [4.69, 9.17) is 31.3 Å². The van der Waals surface area contributed by atoms with Crippen LogP contribution in [0.15, 0.2) is 48.5 Å². The lowest BCUT2D eigenvalue weighted by atomic mass is 9.96. The van der Waals surface area contributed by atoms with E-state index in [1.807, 2.05) is 0 Å². The van der Waals surface area contributed by atoms with Gasteiger partial charge in [-0.25, -0.2) is 4.79 Å². The lowest BCUT2D eigenvalue weighted by molar-refractivity contribution is -0.287. The number of carboxylic acids is 1. The molecule has 0 spiro atoms. The number of aliphatic hydroxyl groups excluding tert-OH is 3. The first-order valence-electron chi connectivity index (χ1n) is 16.1. The van der Waals surface area contributed by atoms with Gasteiger partial charge in [-0.3, -0.25) is 9.69 Å². The van der Waals surface area contributed by atoms with Gasteiger partial charge in [-0.2, -0.15) is 0 Å². The second-order valence-corrected chi connectivity index (χ2v) is 8.68. The molecule has 3 aliphatic rings. The van der Waals surface area contributed by atoms with Gasteiger partial charge in [0.2, 0.25) is 6.29 Å². The number of aliphatic carboxylic acids is 1. The van der Waals surface area contributed by atoms with E-state index in [1.165, 1.54) is 12.1 Å². The van der Waals surface area contributed by atoms with Crippen LogP contribution in [0.2, 0.25) is 0 Å². The molecule has 1 unspecified atom stereocenters. The normalized spacial score (nSPS) is 39.6. The van der Waals surface area contributed by atoms with Crippen LogP contribution in [0, 0.1) is 5.89 Å². The summed E-state index contributed by atoms with van der Waals surface area (Å²) in [7, 11) is 0. The minimum absolute atomic E-state index is 0.176. The number of piperidine rings is 1. The molecule has 11 nitrogen and oxygen atoms in total. The molecule has 3 aliphatic heterocycles.